The molecule has 0 aliphatic rings. The van der Waals surface area contributed by atoms with Gasteiger partial charge in [0.05, 0.1) is 11.3 Å². The molecule has 18 heavy (non-hydrogen) atoms. The van der Waals surface area contributed by atoms with Crippen LogP contribution in [0.5, 0.6) is 0 Å². The first-order valence-corrected chi connectivity index (χ1v) is 4.67. The van der Waals surface area contributed by atoms with E-state index >= 15 is 0 Å². The summed E-state index contributed by atoms with van der Waals surface area (Å²) in [5.74, 6) is -10.2. The molecule has 0 atom stereocenters. The number of nitrogens with two attached hydrogens (primary N) is 1. The van der Waals surface area contributed by atoms with Crippen LogP contribution in [0.15, 0.2) is 18.2 Å². The van der Waals surface area contributed by atoms with Crippen LogP contribution in [-0.4, -0.2) is 4.98 Å². The molecule has 0 amide bonds. The van der Waals surface area contributed by atoms with Gasteiger partial charge in [-0.1, -0.05) is 6.07 Å². The van der Waals surface area contributed by atoms with E-state index in [1.54, 1.807) is 0 Å². The Morgan fingerprint density at radius 1 is 0.778 bits per heavy atom. The van der Waals surface area contributed by atoms with Crippen LogP contribution in [-0.2, 0) is 0 Å². The topological polar surface area (TPSA) is 38.9 Å². The van der Waals surface area contributed by atoms with Gasteiger partial charge in [-0.3, -0.25) is 0 Å². The fourth-order valence-corrected chi connectivity index (χ4v) is 1.42. The van der Waals surface area contributed by atoms with Gasteiger partial charge >= 0.3 is 0 Å². The molecule has 0 aliphatic carbocycles. The van der Waals surface area contributed by atoms with Crippen molar-refractivity contribution in [3.05, 3.63) is 47.3 Å². The van der Waals surface area contributed by atoms with Crippen molar-refractivity contribution in [2.75, 3.05) is 5.73 Å². The molecule has 0 saturated carbocycles. The first kappa shape index (κ1) is 12.3. The maximum absolute atomic E-state index is 13.4. The lowest BCUT2D eigenvalue weighted by Crippen LogP contribution is -2.05. The largest absolute Gasteiger partial charge is 0.384 e. The molecule has 1 heterocycles. The molecule has 0 spiro atoms. The second-order valence-corrected chi connectivity index (χ2v) is 3.39. The van der Waals surface area contributed by atoms with Gasteiger partial charge in [0.15, 0.2) is 23.3 Å². The van der Waals surface area contributed by atoms with Crippen LogP contribution in [0.4, 0.5) is 27.8 Å². The first-order chi connectivity index (χ1) is 8.43. The summed E-state index contributed by atoms with van der Waals surface area (Å²) in [6, 6.07) is 3.69. The average Bonchev–Trinajstić information content (AvgIpc) is 2.34. The van der Waals surface area contributed by atoms with Gasteiger partial charge in [-0.05, 0) is 12.1 Å². The van der Waals surface area contributed by atoms with E-state index in [2.05, 4.69) is 4.98 Å². The summed E-state index contributed by atoms with van der Waals surface area (Å²) in [6.45, 7) is 0. The van der Waals surface area contributed by atoms with Crippen molar-refractivity contribution >= 4 is 5.82 Å². The van der Waals surface area contributed by atoms with E-state index in [9.17, 15) is 22.0 Å². The van der Waals surface area contributed by atoms with Crippen LogP contribution in [0, 0.1) is 29.1 Å². The van der Waals surface area contributed by atoms with E-state index in [1.807, 2.05) is 0 Å². The highest BCUT2D eigenvalue weighted by molar-refractivity contribution is 5.62. The number of nitrogen functional groups attached to an aromatic ring is 1. The second-order valence-electron chi connectivity index (χ2n) is 3.39. The Labute approximate surface area is 97.9 Å². The van der Waals surface area contributed by atoms with Crippen molar-refractivity contribution in [3.8, 4) is 11.3 Å². The standard InChI is InChI=1S/C11H5F5N2/c12-7-6(4-2-1-3-5(17)18-4)8(13)10(15)11(16)9(7)14/h1-3H,(H2,17,18). The summed E-state index contributed by atoms with van der Waals surface area (Å²) in [5.41, 5.74) is 3.76. The molecule has 0 saturated heterocycles. The molecule has 0 bridgehead atoms. The normalized spacial score (nSPS) is 10.7. The smallest absolute Gasteiger partial charge is 0.200 e. The van der Waals surface area contributed by atoms with Gasteiger partial charge in [-0.25, -0.2) is 26.9 Å². The van der Waals surface area contributed by atoms with Gasteiger partial charge in [0, 0.05) is 0 Å². The van der Waals surface area contributed by atoms with Gasteiger partial charge in [-0.15, -0.1) is 0 Å². The number of rotatable bonds is 1. The SMILES string of the molecule is Nc1cccc(-c2c(F)c(F)c(F)c(F)c2F)n1. The van der Waals surface area contributed by atoms with E-state index in [-0.39, 0.29) is 5.82 Å². The number of benzene rings is 1. The van der Waals surface area contributed by atoms with Crippen molar-refractivity contribution in [1.82, 2.24) is 4.98 Å². The minimum absolute atomic E-state index is 0.101. The zero-order valence-electron chi connectivity index (χ0n) is 8.65. The molecular formula is C11H5F5N2. The third-order valence-electron chi connectivity index (χ3n) is 2.24. The molecule has 2 rings (SSSR count). The van der Waals surface area contributed by atoms with Gasteiger partial charge < -0.3 is 5.73 Å². The van der Waals surface area contributed by atoms with Crippen molar-refractivity contribution in [1.29, 1.82) is 0 Å². The van der Waals surface area contributed by atoms with Gasteiger partial charge in [-0.2, -0.15) is 0 Å². The number of nitrogens with zero attached hydrogens (tertiary/aromatic N) is 1. The number of hydrogen-bond acceptors (Lipinski definition) is 2. The molecule has 0 aliphatic heterocycles. The fraction of sp³-hybridized carbons (Fsp3) is 0. The summed E-state index contributed by atoms with van der Waals surface area (Å²) in [4.78, 5) is 3.52. The van der Waals surface area contributed by atoms with Crippen molar-refractivity contribution in [3.63, 3.8) is 0 Å². The predicted octanol–water partition coefficient (Wildman–Crippen LogP) is 3.03. The molecule has 2 nitrogen and oxygen atoms in total. The summed E-state index contributed by atoms with van der Waals surface area (Å²) >= 11 is 0. The molecule has 2 aromatic rings. The van der Waals surface area contributed by atoms with E-state index in [1.165, 1.54) is 12.1 Å². The molecular weight excluding hydrogens is 255 g/mol. The Kier molecular flexibility index (Phi) is 2.90. The Hall–Kier alpha value is -2.18. The van der Waals surface area contributed by atoms with E-state index in [4.69, 9.17) is 5.73 Å². The Morgan fingerprint density at radius 3 is 1.78 bits per heavy atom. The number of halogens is 5. The monoisotopic (exact) mass is 260 g/mol. The number of aromatic nitrogens is 1. The second kappa shape index (κ2) is 4.25. The highest BCUT2D eigenvalue weighted by Gasteiger charge is 2.27. The van der Waals surface area contributed by atoms with Gasteiger partial charge in [0.25, 0.3) is 0 Å². The van der Waals surface area contributed by atoms with Crippen LogP contribution < -0.4 is 5.73 Å². The highest BCUT2D eigenvalue weighted by atomic mass is 19.2. The van der Waals surface area contributed by atoms with Gasteiger partial charge in [0.2, 0.25) is 5.82 Å². The third kappa shape index (κ3) is 1.77. The minimum atomic E-state index is -2.21. The third-order valence-corrected chi connectivity index (χ3v) is 2.24. The predicted molar refractivity (Wildman–Crippen MR) is 53.9 cm³/mol. The molecule has 0 fully saturated rings. The Morgan fingerprint density at radius 2 is 1.28 bits per heavy atom. The number of anilines is 1. The highest BCUT2D eigenvalue weighted by Crippen LogP contribution is 2.30. The maximum atomic E-state index is 13.4. The van der Waals surface area contributed by atoms with Crippen LogP contribution >= 0.6 is 0 Å². The maximum Gasteiger partial charge on any atom is 0.200 e. The quantitative estimate of drug-likeness (QED) is 0.486. The lowest BCUT2D eigenvalue weighted by Gasteiger charge is -2.07. The average molecular weight is 260 g/mol. The lowest BCUT2D eigenvalue weighted by atomic mass is 10.1. The van der Waals surface area contributed by atoms with Crippen molar-refractivity contribution < 1.29 is 22.0 Å². The molecule has 0 unspecified atom stereocenters. The zero-order chi connectivity index (χ0) is 13.4. The minimum Gasteiger partial charge on any atom is -0.384 e. The number of pyridine rings is 1. The zero-order valence-corrected chi connectivity index (χ0v) is 8.65. The molecule has 7 heteroatoms. The van der Waals surface area contributed by atoms with E-state index in [0.717, 1.165) is 6.07 Å². The van der Waals surface area contributed by atoms with Crippen LogP contribution in [0.25, 0.3) is 11.3 Å². The molecule has 1 aromatic heterocycles. The number of hydrogen-bond donors (Lipinski definition) is 1. The van der Waals surface area contributed by atoms with Crippen molar-refractivity contribution in [2.45, 2.75) is 0 Å². The lowest BCUT2D eigenvalue weighted by molar-refractivity contribution is 0.381. The Bertz CT molecular complexity index is 598. The molecule has 0 radical (unpaired) electrons. The van der Waals surface area contributed by atoms with E-state index < -0.39 is 40.3 Å². The summed E-state index contributed by atoms with van der Waals surface area (Å²) in [6.07, 6.45) is 0. The first-order valence-electron chi connectivity index (χ1n) is 4.67. The van der Waals surface area contributed by atoms with Crippen LogP contribution in [0.3, 0.4) is 0 Å². The fourth-order valence-electron chi connectivity index (χ4n) is 1.42. The van der Waals surface area contributed by atoms with Crippen molar-refractivity contribution in [2.24, 2.45) is 0 Å². The summed E-state index contributed by atoms with van der Waals surface area (Å²) in [7, 11) is 0. The summed E-state index contributed by atoms with van der Waals surface area (Å²) in [5, 5.41) is 0. The van der Waals surface area contributed by atoms with E-state index in [0.29, 0.717) is 0 Å². The Balaban J connectivity index is 2.80. The van der Waals surface area contributed by atoms with Crippen LogP contribution in [0.1, 0.15) is 0 Å². The van der Waals surface area contributed by atoms with Gasteiger partial charge in [0.1, 0.15) is 5.82 Å². The molecule has 1 aromatic carbocycles. The molecule has 94 valence electrons. The summed E-state index contributed by atoms with van der Waals surface area (Å²) < 4.78 is 65.6. The molecule has 2 N–H and O–H groups in total. The van der Waals surface area contributed by atoms with Crippen LogP contribution in [0.2, 0.25) is 0 Å².